The molecule has 120 valence electrons. The minimum atomic E-state index is -0.150. The van der Waals surface area contributed by atoms with Crippen LogP contribution < -0.4 is 5.32 Å². The molecule has 0 unspecified atom stereocenters. The largest absolute Gasteiger partial charge is 0.472 e. The van der Waals surface area contributed by atoms with Gasteiger partial charge in [0.2, 0.25) is 5.91 Å². The van der Waals surface area contributed by atoms with E-state index in [1.165, 1.54) is 12.5 Å². The first-order valence-electron chi connectivity index (χ1n) is 7.87. The number of hydrogen-bond acceptors (Lipinski definition) is 3. The number of carbonyl (C=O) groups excluding carboxylic acids is 2. The molecule has 2 aromatic rings. The highest BCUT2D eigenvalue weighted by molar-refractivity contribution is 5.94. The average Bonchev–Trinajstić information content (AvgIpc) is 3.14. The predicted molar refractivity (Wildman–Crippen MR) is 85.6 cm³/mol. The van der Waals surface area contributed by atoms with Crippen LogP contribution in [-0.2, 0) is 11.3 Å². The van der Waals surface area contributed by atoms with E-state index in [0.29, 0.717) is 25.2 Å². The summed E-state index contributed by atoms with van der Waals surface area (Å²) >= 11 is 0. The van der Waals surface area contributed by atoms with Crippen molar-refractivity contribution in [2.24, 2.45) is 5.92 Å². The first-order valence-corrected chi connectivity index (χ1v) is 7.87. The third-order valence-electron chi connectivity index (χ3n) is 4.16. The summed E-state index contributed by atoms with van der Waals surface area (Å²) in [5, 5.41) is 2.97. The molecule has 0 spiro atoms. The van der Waals surface area contributed by atoms with Crippen LogP contribution in [0.15, 0.2) is 53.3 Å². The number of piperidine rings is 1. The molecule has 1 fully saturated rings. The minimum absolute atomic E-state index is 0.0125. The lowest BCUT2D eigenvalue weighted by Crippen LogP contribution is -2.45. The van der Waals surface area contributed by atoms with E-state index in [9.17, 15) is 9.59 Å². The van der Waals surface area contributed by atoms with E-state index < -0.39 is 0 Å². The summed E-state index contributed by atoms with van der Waals surface area (Å²) in [4.78, 5) is 26.4. The van der Waals surface area contributed by atoms with Gasteiger partial charge in [-0.2, -0.15) is 0 Å². The maximum absolute atomic E-state index is 12.4. The highest BCUT2D eigenvalue weighted by atomic mass is 16.3. The molecular formula is C18H20N2O3. The van der Waals surface area contributed by atoms with Gasteiger partial charge in [-0.15, -0.1) is 0 Å². The van der Waals surface area contributed by atoms with Crippen LogP contribution in [0.25, 0.3) is 0 Å². The maximum Gasteiger partial charge on any atom is 0.257 e. The van der Waals surface area contributed by atoms with Crippen LogP contribution in [0, 0.1) is 5.92 Å². The van der Waals surface area contributed by atoms with Crippen molar-refractivity contribution < 1.29 is 14.0 Å². The van der Waals surface area contributed by atoms with Gasteiger partial charge in [0.15, 0.2) is 0 Å². The molecule has 3 rings (SSSR count). The molecule has 5 heteroatoms. The summed E-state index contributed by atoms with van der Waals surface area (Å²) < 4.78 is 4.96. The van der Waals surface area contributed by atoms with Crippen LogP contribution in [0.5, 0.6) is 0 Å². The Morgan fingerprint density at radius 2 is 2.04 bits per heavy atom. The first-order chi connectivity index (χ1) is 11.2. The third kappa shape index (κ3) is 3.80. The van der Waals surface area contributed by atoms with Crippen molar-refractivity contribution in [2.75, 3.05) is 13.1 Å². The maximum atomic E-state index is 12.4. The number of likely N-dealkylation sites (tertiary alicyclic amines) is 1. The van der Waals surface area contributed by atoms with Gasteiger partial charge in [0, 0.05) is 19.6 Å². The molecule has 1 aromatic carbocycles. The number of nitrogens with zero attached hydrogens (tertiary/aromatic N) is 1. The van der Waals surface area contributed by atoms with Gasteiger partial charge in [0.05, 0.1) is 17.7 Å². The molecular weight excluding hydrogens is 292 g/mol. The number of amides is 2. The van der Waals surface area contributed by atoms with Crippen LogP contribution in [0.2, 0.25) is 0 Å². The Labute approximate surface area is 135 Å². The second-order valence-electron chi connectivity index (χ2n) is 5.81. The van der Waals surface area contributed by atoms with Crippen molar-refractivity contribution in [3.63, 3.8) is 0 Å². The lowest BCUT2D eigenvalue weighted by atomic mass is 9.96. The number of hydrogen-bond donors (Lipinski definition) is 1. The van der Waals surface area contributed by atoms with E-state index in [2.05, 4.69) is 5.32 Å². The van der Waals surface area contributed by atoms with Crippen LogP contribution in [0.3, 0.4) is 0 Å². The molecule has 1 saturated heterocycles. The SMILES string of the molecule is O=C(NCc1ccccc1)[C@H]1CCCN(C(=O)c2ccoc2)C1. The molecule has 0 bridgehead atoms. The van der Waals surface area contributed by atoms with Gasteiger partial charge in [-0.3, -0.25) is 9.59 Å². The summed E-state index contributed by atoms with van der Waals surface area (Å²) in [5.41, 5.74) is 1.61. The van der Waals surface area contributed by atoms with Crippen molar-refractivity contribution in [1.82, 2.24) is 10.2 Å². The predicted octanol–water partition coefficient (Wildman–Crippen LogP) is 2.45. The van der Waals surface area contributed by atoms with E-state index in [1.807, 2.05) is 30.3 Å². The van der Waals surface area contributed by atoms with Crippen LogP contribution in [0.4, 0.5) is 0 Å². The van der Waals surface area contributed by atoms with Crippen molar-refractivity contribution in [3.8, 4) is 0 Å². The number of furan rings is 1. The normalized spacial score (nSPS) is 17.7. The van der Waals surface area contributed by atoms with Gasteiger partial charge in [0.1, 0.15) is 6.26 Å². The van der Waals surface area contributed by atoms with E-state index >= 15 is 0 Å². The standard InChI is InChI=1S/C18H20N2O3/c21-17(19-11-14-5-2-1-3-6-14)15-7-4-9-20(12-15)18(22)16-8-10-23-13-16/h1-3,5-6,8,10,13,15H,4,7,9,11-12H2,(H,19,21)/t15-/m0/s1. The number of benzene rings is 1. The van der Waals surface area contributed by atoms with Crippen LogP contribution >= 0.6 is 0 Å². The van der Waals surface area contributed by atoms with E-state index in [0.717, 1.165) is 18.4 Å². The van der Waals surface area contributed by atoms with Gasteiger partial charge in [-0.05, 0) is 24.5 Å². The highest BCUT2D eigenvalue weighted by Gasteiger charge is 2.29. The Morgan fingerprint density at radius 3 is 2.78 bits per heavy atom. The van der Waals surface area contributed by atoms with Crippen LogP contribution in [0.1, 0.15) is 28.8 Å². The van der Waals surface area contributed by atoms with Gasteiger partial charge in [-0.1, -0.05) is 30.3 Å². The molecule has 2 heterocycles. The zero-order chi connectivity index (χ0) is 16.1. The Morgan fingerprint density at radius 1 is 1.22 bits per heavy atom. The minimum Gasteiger partial charge on any atom is -0.472 e. The molecule has 1 aliphatic heterocycles. The molecule has 1 aliphatic rings. The zero-order valence-corrected chi connectivity index (χ0v) is 12.9. The molecule has 1 N–H and O–H groups in total. The third-order valence-corrected chi connectivity index (χ3v) is 4.16. The Bertz CT molecular complexity index is 652. The lowest BCUT2D eigenvalue weighted by molar-refractivity contribution is -0.126. The monoisotopic (exact) mass is 312 g/mol. The van der Waals surface area contributed by atoms with E-state index in [4.69, 9.17) is 4.42 Å². The number of carbonyl (C=O) groups is 2. The van der Waals surface area contributed by atoms with Crippen LogP contribution in [-0.4, -0.2) is 29.8 Å². The second-order valence-corrected chi connectivity index (χ2v) is 5.81. The topological polar surface area (TPSA) is 62.6 Å². The highest BCUT2D eigenvalue weighted by Crippen LogP contribution is 2.19. The van der Waals surface area contributed by atoms with Gasteiger partial charge < -0.3 is 14.6 Å². The summed E-state index contributed by atoms with van der Waals surface area (Å²) in [6, 6.07) is 11.5. The molecule has 2 amide bonds. The summed E-state index contributed by atoms with van der Waals surface area (Å²) in [6.07, 6.45) is 4.59. The Kier molecular flexibility index (Phi) is 4.76. The summed E-state index contributed by atoms with van der Waals surface area (Å²) in [7, 11) is 0. The van der Waals surface area contributed by atoms with Crippen molar-refractivity contribution in [1.29, 1.82) is 0 Å². The smallest absolute Gasteiger partial charge is 0.257 e. The van der Waals surface area contributed by atoms with E-state index in [1.54, 1.807) is 11.0 Å². The molecule has 23 heavy (non-hydrogen) atoms. The average molecular weight is 312 g/mol. The van der Waals surface area contributed by atoms with E-state index in [-0.39, 0.29) is 17.7 Å². The quantitative estimate of drug-likeness (QED) is 0.943. The number of rotatable bonds is 4. The lowest BCUT2D eigenvalue weighted by Gasteiger charge is -2.31. The van der Waals surface area contributed by atoms with Gasteiger partial charge in [0.25, 0.3) is 5.91 Å². The molecule has 5 nitrogen and oxygen atoms in total. The summed E-state index contributed by atoms with van der Waals surface area (Å²) in [5.74, 6) is -0.207. The molecule has 0 aliphatic carbocycles. The van der Waals surface area contributed by atoms with Gasteiger partial charge >= 0.3 is 0 Å². The van der Waals surface area contributed by atoms with Crippen molar-refractivity contribution in [2.45, 2.75) is 19.4 Å². The van der Waals surface area contributed by atoms with Crippen molar-refractivity contribution >= 4 is 11.8 Å². The zero-order valence-electron chi connectivity index (χ0n) is 12.9. The number of nitrogens with one attached hydrogen (secondary N) is 1. The molecule has 0 radical (unpaired) electrons. The molecule has 0 saturated carbocycles. The fourth-order valence-electron chi connectivity index (χ4n) is 2.87. The molecule has 1 aromatic heterocycles. The summed E-state index contributed by atoms with van der Waals surface area (Å²) in [6.45, 7) is 1.67. The Hall–Kier alpha value is -2.56. The van der Waals surface area contributed by atoms with Gasteiger partial charge in [-0.25, -0.2) is 0 Å². The Balaban J connectivity index is 1.55. The fraction of sp³-hybridized carbons (Fsp3) is 0.333. The second kappa shape index (κ2) is 7.13. The molecule has 1 atom stereocenters. The fourth-order valence-corrected chi connectivity index (χ4v) is 2.87. The first kappa shape index (κ1) is 15.3. The van der Waals surface area contributed by atoms with Crippen molar-refractivity contribution in [3.05, 3.63) is 60.1 Å².